The fraction of sp³-hybridized carbons (Fsp3) is 0.0435. The number of hydrogen-bond donors (Lipinski definition) is 0. The van der Waals surface area contributed by atoms with Crippen LogP contribution in [0.15, 0.2) is 79.0 Å². The van der Waals surface area contributed by atoms with Crippen molar-refractivity contribution in [3.8, 4) is 22.1 Å². The topological polar surface area (TPSA) is 39.9 Å². The lowest BCUT2D eigenvalue weighted by molar-refractivity contribution is 0.293. The summed E-state index contributed by atoms with van der Waals surface area (Å²) >= 11 is 7.65. The number of nitrogens with zero attached hydrogens (tertiary/aromatic N) is 3. The Morgan fingerprint density at radius 1 is 0.933 bits per heavy atom. The van der Waals surface area contributed by atoms with Crippen LogP contribution in [-0.2, 0) is 6.61 Å². The maximum absolute atomic E-state index is 13.2. The first-order valence-electron chi connectivity index (χ1n) is 9.24. The minimum Gasteiger partial charge on any atom is -0.486 e. The van der Waals surface area contributed by atoms with E-state index in [1.807, 2.05) is 59.3 Å². The highest BCUT2D eigenvalue weighted by Crippen LogP contribution is 2.30. The van der Waals surface area contributed by atoms with Gasteiger partial charge in [-0.1, -0.05) is 23.7 Å². The summed E-state index contributed by atoms with van der Waals surface area (Å²) in [6.07, 6.45) is 1.95. The number of aromatic nitrogens is 3. The highest BCUT2D eigenvalue weighted by Gasteiger charge is 2.15. The first-order chi connectivity index (χ1) is 14.7. The lowest BCUT2D eigenvalue weighted by Gasteiger charge is -2.09. The SMILES string of the molecule is Fc1ccc(OCc2nc(-c3nc4ccccc4s3)cn2-c2ccc(Cl)cc2)cc1. The molecule has 3 aromatic carbocycles. The molecule has 0 bridgehead atoms. The van der Waals surface area contributed by atoms with Crippen molar-refractivity contribution in [1.29, 1.82) is 0 Å². The van der Waals surface area contributed by atoms with Gasteiger partial charge in [0.2, 0.25) is 0 Å². The zero-order valence-corrected chi connectivity index (χ0v) is 17.2. The Hall–Kier alpha value is -3.22. The molecule has 7 heteroatoms. The van der Waals surface area contributed by atoms with Gasteiger partial charge in [-0.2, -0.15) is 0 Å². The van der Waals surface area contributed by atoms with Crippen LogP contribution < -0.4 is 4.74 Å². The van der Waals surface area contributed by atoms with Crippen LogP contribution in [0, 0.1) is 5.82 Å². The van der Waals surface area contributed by atoms with Crippen LogP contribution in [0.3, 0.4) is 0 Å². The van der Waals surface area contributed by atoms with Crippen molar-refractivity contribution < 1.29 is 9.13 Å². The summed E-state index contributed by atoms with van der Waals surface area (Å²) in [7, 11) is 0. The van der Waals surface area contributed by atoms with E-state index in [1.165, 1.54) is 12.1 Å². The molecule has 0 aliphatic carbocycles. The van der Waals surface area contributed by atoms with Crippen molar-refractivity contribution in [2.45, 2.75) is 6.61 Å². The largest absolute Gasteiger partial charge is 0.486 e. The predicted octanol–water partition coefficient (Wildman–Crippen LogP) is 6.52. The standard InChI is InChI=1S/C23H15ClFN3OS/c24-15-5-9-17(10-6-15)28-13-20(23-27-19-3-1-2-4-21(19)30-23)26-22(28)14-29-18-11-7-16(25)8-12-18/h1-13H,14H2. The lowest BCUT2D eigenvalue weighted by atomic mass is 10.3. The van der Waals surface area contributed by atoms with E-state index in [0.717, 1.165) is 26.6 Å². The summed E-state index contributed by atoms with van der Waals surface area (Å²) in [5.41, 5.74) is 2.63. The van der Waals surface area contributed by atoms with Crippen molar-refractivity contribution in [3.63, 3.8) is 0 Å². The van der Waals surface area contributed by atoms with Crippen LogP contribution in [0.5, 0.6) is 5.75 Å². The Morgan fingerprint density at radius 3 is 2.47 bits per heavy atom. The third-order valence-corrected chi connectivity index (χ3v) is 5.89. The molecular weight excluding hydrogens is 421 g/mol. The number of thiazole rings is 1. The fourth-order valence-corrected chi connectivity index (χ4v) is 4.16. The number of ether oxygens (including phenoxy) is 1. The summed E-state index contributed by atoms with van der Waals surface area (Å²) in [6, 6.07) is 21.5. The normalized spacial score (nSPS) is 11.1. The number of benzene rings is 3. The predicted molar refractivity (Wildman–Crippen MR) is 118 cm³/mol. The number of halogens is 2. The maximum atomic E-state index is 13.2. The third-order valence-electron chi connectivity index (χ3n) is 4.58. The average Bonchev–Trinajstić information content (AvgIpc) is 3.38. The molecule has 0 unspecified atom stereocenters. The summed E-state index contributed by atoms with van der Waals surface area (Å²) in [5.74, 6) is 0.975. The van der Waals surface area contributed by atoms with Gasteiger partial charge in [0.1, 0.15) is 28.9 Å². The van der Waals surface area contributed by atoms with Gasteiger partial charge < -0.3 is 9.30 Å². The quantitative estimate of drug-likeness (QED) is 0.315. The molecule has 0 N–H and O–H groups in total. The first-order valence-corrected chi connectivity index (χ1v) is 10.4. The summed E-state index contributed by atoms with van der Waals surface area (Å²) in [5, 5.41) is 1.50. The molecule has 0 radical (unpaired) electrons. The molecule has 0 atom stereocenters. The van der Waals surface area contributed by atoms with E-state index in [4.69, 9.17) is 26.3 Å². The zero-order valence-electron chi connectivity index (χ0n) is 15.6. The van der Waals surface area contributed by atoms with Crippen molar-refractivity contribution >= 4 is 33.2 Å². The number of para-hydroxylation sites is 1. The summed E-state index contributed by atoms with van der Waals surface area (Å²) < 4.78 is 22.1. The van der Waals surface area contributed by atoms with Gasteiger partial charge >= 0.3 is 0 Å². The number of imidazole rings is 1. The van der Waals surface area contributed by atoms with Gasteiger partial charge in [0.15, 0.2) is 5.82 Å². The van der Waals surface area contributed by atoms with Gasteiger partial charge in [0.25, 0.3) is 0 Å². The second-order valence-electron chi connectivity index (χ2n) is 6.62. The van der Waals surface area contributed by atoms with E-state index in [9.17, 15) is 4.39 Å². The third kappa shape index (κ3) is 3.79. The molecule has 30 heavy (non-hydrogen) atoms. The molecule has 0 fully saturated rings. The minimum absolute atomic E-state index is 0.221. The van der Waals surface area contributed by atoms with E-state index >= 15 is 0 Å². The molecule has 2 aromatic heterocycles. The summed E-state index contributed by atoms with van der Waals surface area (Å²) in [6.45, 7) is 0.221. The molecule has 5 rings (SSSR count). The molecule has 4 nitrogen and oxygen atoms in total. The molecule has 0 saturated heterocycles. The Balaban J connectivity index is 1.53. The van der Waals surface area contributed by atoms with Crippen LogP contribution >= 0.6 is 22.9 Å². The van der Waals surface area contributed by atoms with Gasteiger partial charge in [0.05, 0.1) is 10.2 Å². The average molecular weight is 436 g/mol. The van der Waals surface area contributed by atoms with Crippen molar-refractivity contribution in [2.24, 2.45) is 0 Å². The van der Waals surface area contributed by atoms with E-state index < -0.39 is 0 Å². The van der Waals surface area contributed by atoms with Crippen molar-refractivity contribution in [3.05, 3.63) is 95.7 Å². The Bertz CT molecular complexity index is 1280. The molecule has 148 valence electrons. The van der Waals surface area contributed by atoms with Crippen LogP contribution in [0.25, 0.3) is 26.6 Å². The lowest BCUT2D eigenvalue weighted by Crippen LogP contribution is -2.05. The highest BCUT2D eigenvalue weighted by molar-refractivity contribution is 7.21. The molecule has 0 amide bonds. The van der Waals surface area contributed by atoms with Crippen LogP contribution in [-0.4, -0.2) is 14.5 Å². The van der Waals surface area contributed by atoms with Gasteiger partial charge in [-0.3, -0.25) is 0 Å². The fourth-order valence-electron chi connectivity index (χ4n) is 3.11. The molecule has 0 spiro atoms. The molecule has 0 aliphatic heterocycles. The van der Waals surface area contributed by atoms with E-state index in [2.05, 4.69) is 0 Å². The monoisotopic (exact) mass is 435 g/mol. The first kappa shape index (κ1) is 18.8. The van der Waals surface area contributed by atoms with Crippen molar-refractivity contribution in [2.75, 3.05) is 0 Å². The molecule has 0 aliphatic rings. The highest BCUT2D eigenvalue weighted by atomic mass is 35.5. The molecule has 5 aromatic rings. The van der Waals surface area contributed by atoms with Gasteiger partial charge in [-0.05, 0) is 60.7 Å². The zero-order chi connectivity index (χ0) is 20.5. The molecular formula is C23H15ClFN3OS. The number of hydrogen-bond acceptors (Lipinski definition) is 4. The van der Waals surface area contributed by atoms with Gasteiger partial charge in [-0.15, -0.1) is 11.3 Å². The second-order valence-corrected chi connectivity index (χ2v) is 8.09. The minimum atomic E-state index is -0.303. The maximum Gasteiger partial charge on any atom is 0.152 e. The number of rotatable bonds is 5. The Morgan fingerprint density at radius 2 is 1.70 bits per heavy atom. The van der Waals surface area contributed by atoms with Gasteiger partial charge in [0, 0.05) is 16.9 Å². The Kier molecular flexibility index (Phi) is 4.94. The molecule has 2 heterocycles. The smallest absolute Gasteiger partial charge is 0.152 e. The van der Waals surface area contributed by atoms with E-state index in [-0.39, 0.29) is 12.4 Å². The Labute approximate surface area is 181 Å². The van der Waals surface area contributed by atoms with Crippen LogP contribution in [0.1, 0.15) is 5.82 Å². The van der Waals surface area contributed by atoms with Gasteiger partial charge in [-0.25, -0.2) is 14.4 Å². The number of fused-ring (bicyclic) bond motifs is 1. The van der Waals surface area contributed by atoms with Crippen molar-refractivity contribution in [1.82, 2.24) is 14.5 Å². The second kappa shape index (κ2) is 7.89. The van der Waals surface area contributed by atoms with E-state index in [0.29, 0.717) is 16.6 Å². The van der Waals surface area contributed by atoms with E-state index in [1.54, 1.807) is 23.5 Å². The van der Waals surface area contributed by atoms with Crippen LogP contribution in [0.2, 0.25) is 5.02 Å². The summed E-state index contributed by atoms with van der Waals surface area (Å²) in [4.78, 5) is 9.50. The van der Waals surface area contributed by atoms with Crippen LogP contribution in [0.4, 0.5) is 4.39 Å². The molecule has 0 saturated carbocycles.